The maximum atomic E-state index is 12.1. The van der Waals surface area contributed by atoms with Crippen molar-refractivity contribution in [2.24, 2.45) is 0 Å². The normalized spacial score (nSPS) is 19.6. The number of nitrogens with zero attached hydrogens (tertiary/aromatic N) is 2. The molecule has 1 unspecified atom stereocenters. The first-order chi connectivity index (χ1) is 9.99. The van der Waals surface area contributed by atoms with Gasteiger partial charge in [-0.2, -0.15) is 0 Å². The Morgan fingerprint density at radius 3 is 2.81 bits per heavy atom. The number of piperazine rings is 1. The van der Waals surface area contributed by atoms with Crippen LogP contribution in [-0.2, 0) is 0 Å². The van der Waals surface area contributed by atoms with Gasteiger partial charge in [0, 0.05) is 32.2 Å². The van der Waals surface area contributed by atoms with Crippen LogP contribution in [0.3, 0.4) is 0 Å². The minimum absolute atomic E-state index is 0.133. The Morgan fingerprint density at radius 2 is 2.24 bits per heavy atom. The Balaban J connectivity index is 2.35. The number of likely N-dealkylation sites (N-methyl/N-ethyl adjacent to an activating group) is 1. The molecule has 118 valence electrons. The molecule has 0 bridgehead atoms. The molecule has 2 rings (SSSR count). The number of carbonyl (C=O) groups excluding carboxylic acids is 1. The van der Waals surface area contributed by atoms with Crippen LogP contribution < -0.4 is 20.7 Å². The molecule has 7 heteroatoms. The number of carbonyl (C=O) groups is 1. The summed E-state index contributed by atoms with van der Waals surface area (Å²) in [6, 6.07) is 0.359. The van der Waals surface area contributed by atoms with Crippen molar-refractivity contribution in [3.63, 3.8) is 0 Å². The number of nitrogens with one attached hydrogen (secondary N) is 1. The summed E-state index contributed by atoms with van der Waals surface area (Å²) in [4.78, 5) is 17.2. The highest BCUT2D eigenvalue weighted by atomic mass is 32.1. The molecule has 1 aliphatic heterocycles. The van der Waals surface area contributed by atoms with Gasteiger partial charge in [0.15, 0.2) is 5.75 Å². The Bertz CT molecular complexity index is 517. The van der Waals surface area contributed by atoms with E-state index in [9.17, 15) is 4.79 Å². The quantitative estimate of drug-likeness (QED) is 0.875. The van der Waals surface area contributed by atoms with Crippen molar-refractivity contribution in [3.05, 3.63) is 4.88 Å². The number of nitrogens with two attached hydrogens (primary N) is 1. The minimum atomic E-state index is -0.133. The summed E-state index contributed by atoms with van der Waals surface area (Å²) in [6.07, 6.45) is 0. The van der Waals surface area contributed by atoms with E-state index in [1.807, 2.05) is 6.92 Å². The summed E-state index contributed by atoms with van der Waals surface area (Å²) in [5.41, 5.74) is 6.55. The van der Waals surface area contributed by atoms with E-state index in [0.29, 0.717) is 28.9 Å². The van der Waals surface area contributed by atoms with Crippen molar-refractivity contribution in [3.8, 4) is 5.75 Å². The molecule has 2 heterocycles. The van der Waals surface area contributed by atoms with Gasteiger partial charge in [0.25, 0.3) is 5.91 Å². The van der Waals surface area contributed by atoms with Gasteiger partial charge in [0.2, 0.25) is 0 Å². The number of thiophene rings is 1. The van der Waals surface area contributed by atoms with Gasteiger partial charge in [-0.1, -0.05) is 0 Å². The molecule has 3 N–H and O–H groups in total. The molecular formula is C14H24N4O2S. The lowest BCUT2D eigenvalue weighted by atomic mass is 10.2. The fourth-order valence-corrected chi connectivity index (χ4v) is 3.89. The van der Waals surface area contributed by atoms with E-state index in [1.165, 1.54) is 11.3 Å². The molecule has 0 spiro atoms. The monoisotopic (exact) mass is 312 g/mol. The van der Waals surface area contributed by atoms with Crippen LogP contribution >= 0.6 is 11.3 Å². The van der Waals surface area contributed by atoms with Gasteiger partial charge in [-0.15, -0.1) is 11.3 Å². The molecule has 1 saturated heterocycles. The average Bonchev–Trinajstić information content (AvgIpc) is 2.76. The molecule has 1 atom stereocenters. The standard InChI is InChI=1S/C14H24N4O2S/c1-5-16-13(19)12-10(15)11(20-4)14(21-12)18-7-6-17(3)8-9(18)2/h9H,5-8,15H2,1-4H3,(H,16,19). The maximum absolute atomic E-state index is 12.1. The SMILES string of the molecule is CCNC(=O)c1sc(N2CCN(C)CC2C)c(OC)c1N. The van der Waals surface area contributed by atoms with Crippen molar-refractivity contribution in [1.29, 1.82) is 0 Å². The molecule has 0 aromatic carbocycles. The fraction of sp³-hybridized carbons (Fsp3) is 0.643. The molecule has 21 heavy (non-hydrogen) atoms. The fourth-order valence-electron chi connectivity index (χ4n) is 2.65. The molecule has 1 amide bonds. The Labute approximate surface area is 129 Å². The van der Waals surface area contributed by atoms with E-state index < -0.39 is 0 Å². The number of hydrogen-bond donors (Lipinski definition) is 2. The first-order valence-electron chi connectivity index (χ1n) is 7.19. The highest BCUT2D eigenvalue weighted by Crippen LogP contribution is 2.45. The van der Waals surface area contributed by atoms with Gasteiger partial charge in [-0.05, 0) is 20.9 Å². The second kappa shape index (κ2) is 6.53. The summed E-state index contributed by atoms with van der Waals surface area (Å²) in [5.74, 6) is 0.490. The van der Waals surface area contributed by atoms with E-state index in [4.69, 9.17) is 10.5 Å². The smallest absolute Gasteiger partial charge is 0.263 e. The zero-order chi connectivity index (χ0) is 15.6. The maximum Gasteiger partial charge on any atom is 0.263 e. The number of amides is 1. The first-order valence-corrected chi connectivity index (χ1v) is 8.00. The van der Waals surface area contributed by atoms with Gasteiger partial charge >= 0.3 is 0 Å². The summed E-state index contributed by atoms with van der Waals surface area (Å²) in [6.45, 7) is 7.53. The predicted molar refractivity (Wildman–Crippen MR) is 87.6 cm³/mol. The third-order valence-corrected chi connectivity index (χ3v) is 4.94. The summed E-state index contributed by atoms with van der Waals surface area (Å²) < 4.78 is 5.46. The van der Waals surface area contributed by atoms with Crippen molar-refractivity contribution in [2.45, 2.75) is 19.9 Å². The number of anilines is 2. The van der Waals surface area contributed by atoms with Crippen molar-refractivity contribution in [1.82, 2.24) is 10.2 Å². The molecule has 0 saturated carbocycles. The van der Waals surface area contributed by atoms with Crippen LogP contribution in [0.1, 0.15) is 23.5 Å². The van der Waals surface area contributed by atoms with Gasteiger partial charge in [-0.3, -0.25) is 4.79 Å². The number of nitrogen functional groups attached to an aromatic ring is 1. The Kier molecular flexibility index (Phi) is 4.95. The topological polar surface area (TPSA) is 70.8 Å². The van der Waals surface area contributed by atoms with Crippen molar-refractivity contribution < 1.29 is 9.53 Å². The van der Waals surface area contributed by atoms with E-state index in [-0.39, 0.29) is 5.91 Å². The lowest BCUT2D eigenvalue weighted by Crippen LogP contribution is -2.50. The zero-order valence-electron chi connectivity index (χ0n) is 13.1. The van der Waals surface area contributed by atoms with Crippen LogP contribution in [0.25, 0.3) is 0 Å². The first kappa shape index (κ1) is 15.9. The van der Waals surface area contributed by atoms with E-state index >= 15 is 0 Å². The third-order valence-electron chi connectivity index (χ3n) is 3.72. The van der Waals surface area contributed by atoms with E-state index in [2.05, 4.69) is 29.1 Å². The van der Waals surface area contributed by atoms with Crippen LogP contribution in [-0.4, -0.2) is 57.2 Å². The third kappa shape index (κ3) is 3.08. The van der Waals surface area contributed by atoms with Gasteiger partial charge in [0.05, 0.1) is 7.11 Å². The van der Waals surface area contributed by atoms with Gasteiger partial charge in [-0.25, -0.2) is 0 Å². The number of rotatable bonds is 4. The van der Waals surface area contributed by atoms with Gasteiger partial charge in [0.1, 0.15) is 15.6 Å². The van der Waals surface area contributed by atoms with Crippen molar-refractivity contribution in [2.75, 3.05) is 51.0 Å². The highest BCUT2D eigenvalue weighted by molar-refractivity contribution is 7.19. The largest absolute Gasteiger partial charge is 0.492 e. The Hall–Kier alpha value is -1.47. The molecule has 1 fully saturated rings. The predicted octanol–water partition coefficient (Wildman–Crippen LogP) is 1.23. The van der Waals surface area contributed by atoms with Crippen LogP contribution in [0.4, 0.5) is 10.7 Å². The Morgan fingerprint density at radius 1 is 1.52 bits per heavy atom. The summed E-state index contributed by atoms with van der Waals surface area (Å²) in [7, 11) is 3.72. The number of methoxy groups -OCH3 is 1. The molecule has 0 radical (unpaired) electrons. The number of ether oxygens (including phenoxy) is 1. The molecule has 1 aromatic rings. The summed E-state index contributed by atoms with van der Waals surface area (Å²) in [5, 5.41) is 3.75. The lowest BCUT2D eigenvalue weighted by Gasteiger charge is -2.39. The molecule has 6 nitrogen and oxygen atoms in total. The van der Waals surface area contributed by atoms with Crippen LogP contribution in [0.15, 0.2) is 0 Å². The second-order valence-electron chi connectivity index (χ2n) is 5.35. The molecule has 1 aromatic heterocycles. The van der Waals surface area contributed by atoms with Crippen LogP contribution in [0.2, 0.25) is 0 Å². The van der Waals surface area contributed by atoms with E-state index in [1.54, 1.807) is 7.11 Å². The highest BCUT2D eigenvalue weighted by Gasteiger charge is 2.29. The average molecular weight is 312 g/mol. The number of hydrogen-bond acceptors (Lipinski definition) is 6. The minimum Gasteiger partial charge on any atom is -0.492 e. The molecule has 0 aliphatic carbocycles. The lowest BCUT2D eigenvalue weighted by molar-refractivity contribution is 0.0960. The van der Waals surface area contributed by atoms with E-state index in [0.717, 1.165) is 24.6 Å². The molecular weight excluding hydrogens is 288 g/mol. The van der Waals surface area contributed by atoms with Crippen molar-refractivity contribution >= 4 is 27.9 Å². The van der Waals surface area contributed by atoms with Crippen LogP contribution in [0.5, 0.6) is 5.75 Å². The van der Waals surface area contributed by atoms with Crippen LogP contribution in [0, 0.1) is 0 Å². The second-order valence-corrected chi connectivity index (χ2v) is 6.35. The molecule has 1 aliphatic rings. The zero-order valence-corrected chi connectivity index (χ0v) is 13.9. The van der Waals surface area contributed by atoms with Gasteiger partial charge < -0.3 is 25.6 Å². The summed E-state index contributed by atoms with van der Waals surface area (Å²) >= 11 is 1.42.